The fraction of sp³-hybridized carbons (Fsp3) is 0. The molecule has 11 aromatic rings. The van der Waals surface area contributed by atoms with E-state index in [1.165, 1.54) is 64.1 Å². The Hall–Kier alpha value is -6.08. The Morgan fingerprint density at radius 3 is 0.773 bits per heavy atom. The van der Waals surface area contributed by atoms with Crippen molar-refractivity contribution in [3.8, 4) is 11.8 Å². The van der Waals surface area contributed by atoms with Gasteiger partial charge in [0.2, 0.25) is 0 Å². The molecule has 0 aliphatic rings. The van der Waals surface area contributed by atoms with Gasteiger partial charge in [0.25, 0.3) is 0 Å². The van der Waals surface area contributed by atoms with Gasteiger partial charge in [0.05, 0.1) is 0 Å². The molecule has 0 N–H and O–H groups in total. The zero-order valence-electron chi connectivity index (χ0n) is 35.9. The number of benzene rings is 11. The number of rotatable bonds is 6. The van der Waals surface area contributed by atoms with E-state index in [9.17, 15) is 0 Å². The van der Waals surface area contributed by atoms with Crippen molar-refractivity contribution < 1.29 is 44.8 Å². The van der Waals surface area contributed by atoms with Gasteiger partial charge in [-0.25, -0.2) is 0 Å². The third kappa shape index (κ3) is 11.3. The summed E-state index contributed by atoms with van der Waals surface area (Å²) in [6, 6.07) is 90.6. The van der Waals surface area contributed by atoms with E-state index in [4.69, 9.17) is 12.8 Å². The zero-order chi connectivity index (χ0) is 43.5. The summed E-state index contributed by atoms with van der Waals surface area (Å²) >= 11 is 0. The number of hydrogen-bond donors (Lipinski definition) is 0. The summed E-state index contributed by atoms with van der Waals surface area (Å²) in [4.78, 5) is 0. The van der Waals surface area contributed by atoms with Crippen molar-refractivity contribution in [2.45, 2.75) is 0 Å². The van der Waals surface area contributed by atoms with E-state index in [1.807, 2.05) is 60.7 Å². The monoisotopic (exact) mass is 1060 g/mol. The van der Waals surface area contributed by atoms with Crippen molar-refractivity contribution in [1.29, 1.82) is 0 Å². The van der Waals surface area contributed by atoms with Crippen LogP contribution in [0.1, 0.15) is 11.1 Å². The van der Waals surface area contributed by atoms with Crippen LogP contribution in [0, 0.1) is 24.7 Å². The van der Waals surface area contributed by atoms with Gasteiger partial charge in [-0.3, -0.25) is 11.8 Å². The van der Waals surface area contributed by atoms with Gasteiger partial charge in [-0.1, -0.05) is 146 Å². The largest absolute Gasteiger partial charge is 1.00 e. The van der Waals surface area contributed by atoms with Gasteiger partial charge < -0.3 is 12.8 Å². The molecule has 66 heavy (non-hydrogen) atoms. The van der Waals surface area contributed by atoms with Gasteiger partial charge in [-0.05, 0) is 128 Å². The van der Waals surface area contributed by atoms with Crippen LogP contribution in [0.15, 0.2) is 255 Å². The summed E-state index contributed by atoms with van der Waals surface area (Å²) in [5, 5.41) is 18.4. The second-order valence-electron chi connectivity index (χ2n) is 15.5. The second-order valence-corrected chi connectivity index (χ2v) is 20.4. The molecule has 0 aromatic heterocycles. The molecule has 11 rings (SSSR count). The van der Waals surface area contributed by atoms with Crippen LogP contribution >= 0.6 is 15.8 Å². The molecular formula is C62H44Ag2P2+2. The van der Waals surface area contributed by atoms with Crippen molar-refractivity contribution in [2.24, 2.45) is 0 Å². The molecule has 0 bridgehead atoms. The van der Waals surface area contributed by atoms with Crippen LogP contribution in [-0.2, 0) is 44.8 Å². The van der Waals surface area contributed by atoms with Gasteiger partial charge >= 0.3 is 44.8 Å². The molecule has 0 nitrogen and oxygen atoms in total. The van der Waals surface area contributed by atoms with Gasteiger partial charge in [0, 0.05) is 0 Å². The molecule has 4 heteroatoms. The van der Waals surface area contributed by atoms with Gasteiger partial charge in [0.15, 0.2) is 0 Å². The van der Waals surface area contributed by atoms with Crippen LogP contribution in [-0.4, -0.2) is 0 Å². The minimum atomic E-state index is -1.14. The minimum Gasteiger partial charge on any atom is -0.366 e. The Bertz CT molecular complexity index is 3110. The molecule has 0 saturated heterocycles. The van der Waals surface area contributed by atoms with Gasteiger partial charge in [-0.15, -0.1) is 35.4 Å². The Morgan fingerprint density at radius 1 is 0.242 bits per heavy atom. The number of hydrogen-bond acceptors (Lipinski definition) is 0. The van der Waals surface area contributed by atoms with E-state index in [0.717, 1.165) is 21.9 Å². The summed E-state index contributed by atoms with van der Waals surface area (Å²) in [6.07, 6.45) is 14.3. The van der Waals surface area contributed by atoms with E-state index < -0.39 is 15.8 Å². The third-order valence-electron chi connectivity index (χ3n) is 11.4. The molecule has 0 radical (unpaired) electrons. The van der Waals surface area contributed by atoms with E-state index >= 15 is 0 Å². The van der Waals surface area contributed by atoms with E-state index in [-0.39, 0.29) is 44.8 Å². The first-order valence-electron chi connectivity index (χ1n) is 21.4. The number of fused-ring (bicyclic) bond motifs is 4. The van der Waals surface area contributed by atoms with Gasteiger partial charge in [0.1, 0.15) is 47.7 Å². The molecule has 0 atom stereocenters. The fourth-order valence-electron chi connectivity index (χ4n) is 8.33. The first-order chi connectivity index (χ1) is 31.6. The average molecular weight is 1070 g/mol. The van der Waals surface area contributed by atoms with Crippen molar-refractivity contribution in [2.75, 3.05) is 0 Å². The van der Waals surface area contributed by atoms with E-state index in [0.29, 0.717) is 0 Å². The first-order valence-corrected chi connectivity index (χ1v) is 24.4. The van der Waals surface area contributed by atoms with Crippen molar-refractivity contribution in [3.63, 3.8) is 0 Å². The smallest absolute Gasteiger partial charge is 0.366 e. The van der Waals surface area contributed by atoms with Crippen LogP contribution < -0.4 is 31.8 Å². The van der Waals surface area contributed by atoms with Crippen LogP contribution in [0.3, 0.4) is 0 Å². The standard InChI is InChI=1S/C30H24P2.2C16H9.2Ag/c1-5-15-25(16-6-1)31(26-17-7-2-8-18-26)29-23-13-14-24-30(29)32(27-19-9-3-10-20-27)28-21-11-4-12-22-28;2*1-2-12-7-8-15-10-13-5-3-4-6-14(13)11-16(15)9-12;;/h1-24H;2*3-11H;;/q;2*-1;2*+1/p+2. The molecule has 0 amide bonds. The average Bonchev–Trinajstić information content (AvgIpc) is 3.37. The molecule has 0 fully saturated rings. The molecule has 11 aromatic carbocycles. The van der Waals surface area contributed by atoms with Crippen molar-refractivity contribution >= 4 is 90.8 Å². The van der Waals surface area contributed by atoms with E-state index in [1.54, 1.807) is 0 Å². The maximum Gasteiger partial charge on any atom is 1.00 e. The molecular weight excluding hydrogens is 1020 g/mol. The summed E-state index contributed by atoms with van der Waals surface area (Å²) in [6.45, 7) is 0. The molecule has 0 heterocycles. The summed E-state index contributed by atoms with van der Waals surface area (Å²) in [5.41, 5.74) is 1.64. The normalized spacial score (nSPS) is 10.4. The predicted octanol–water partition coefficient (Wildman–Crippen LogP) is 12.5. The van der Waals surface area contributed by atoms with Crippen LogP contribution in [0.25, 0.3) is 43.1 Å². The molecule has 0 unspecified atom stereocenters. The Morgan fingerprint density at radius 2 is 0.485 bits per heavy atom. The summed E-state index contributed by atoms with van der Waals surface area (Å²) in [5.74, 6) is 4.83. The zero-order valence-corrected chi connectivity index (χ0v) is 40.8. The van der Waals surface area contributed by atoms with Gasteiger partial charge in [-0.2, -0.15) is 0 Å². The summed E-state index contributed by atoms with van der Waals surface area (Å²) < 4.78 is 0. The SMILES string of the molecule is [Ag+].[Ag+].[C-]#Cc1ccc2cc3ccccc3cc2c1.[C-]#Cc1ccc2cc3ccccc3cc2c1.c1ccc([PH+](c2ccccc2)c2ccccc2[PH+](c2ccccc2)c2ccccc2)cc1. The molecule has 0 aliphatic heterocycles. The topological polar surface area (TPSA) is 0 Å². The predicted molar refractivity (Wildman–Crippen MR) is 282 cm³/mol. The Kier molecular flexibility index (Phi) is 17.0. The molecule has 0 saturated carbocycles. The fourth-order valence-corrected chi connectivity index (χ4v) is 14.3. The van der Waals surface area contributed by atoms with Crippen molar-refractivity contribution in [1.82, 2.24) is 0 Å². The quantitative estimate of drug-likeness (QED) is 0.0512. The summed E-state index contributed by atoms with van der Waals surface area (Å²) in [7, 11) is -2.28. The third-order valence-corrected chi connectivity index (χ3v) is 17.3. The maximum absolute atomic E-state index is 7.13. The first kappa shape index (κ1) is 47.9. The minimum absolute atomic E-state index is 0. The van der Waals surface area contributed by atoms with Crippen LogP contribution in [0.4, 0.5) is 0 Å². The molecule has 0 spiro atoms. The Balaban J connectivity index is 0.000000160. The molecule has 0 aliphatic carbocycles. The second kappa shape index (κ2) is 23.4. The van der Waals surface area contributed by atoms with Crippen molar-refractivity contribution in [3.05, 3.63) is 279 Å². The van der Waals surface area contributed by atoms with E-state index in [2.05, 4.69) is 206 Å². The maximum atomic E-state index is 7.13. The van der Waals surface area contributed by atoms with Crippen LogP contribution in [0.5, 0.6) is 0 Å². The molecule has 322 valence electrons. The van der Waals surface area contributed by atoms with Crippen LogP contribution in [0.2, 0.25) is 0 Å². The Labute approximate surface area is 422 Å².